The van der Waals surface area contributed by atoms with Crippen molar-refractivity contribution in [1.29, 1.82) is 0 Å². The van der Waals surface area contributed by atoms with Crippen molar-refractivity contribution in [3.63, 3.8) is 0 Å². The fourth-order valence-electron chi connectivity index (χ4n) is 3.30. The molecular formula is C24H26N4O2. The van der Waals surface area contributed by atoms with Gasteiger partial charge in [-0.25, -0.2) is 9.97 Å². The van der Waals surface area contributed by atoms with Gasteiger partial charge >= 0.3 is 0 Å². The van der Waals surface area contributed by atoms with Gasteiger partial charge in [0.05, 0.1) is 24.8 Å². The van der Waals surface area contributed by atoms with Gasteiger partial charge < -0.3 is 19.8 Å². The number of nitrogens with zero attached hydrogens (tertiary/aromatic N) is 2. The van der Waals surface area contributed by atoms with Crippen molar-refractivity contribution in [1.82, 2.24) is 20.3 Å². The fourth-order valence-corrected chi connectivity index (χ4v) is 3.30. The van der Waals surface area contributed by atoms with Gasteiger partial charge in [0.25, 0.3) is 0 Å². The molecule has 0 atom stereocenters. The maximum atomic E-state index is 6.09. The Morgan fingerprint density at radius 3 is 2.73 bits per heavy atom. The first-order valence-corrected chi connectivity index (χ1v) is 10.2. The zero-order chi connectivity index (χ0) is 20.6. The Morgan fingerprint density at radius 1 is 1.00 bits per heavy atom. The smallest absolute Gasteiger partial charge is 0.178 e. The Hall–Kier alpha value is -3.38. The summed E-state index contributed by atoms with van der Waals surface area (Å²) in [4.78, 5) is 12.2. The Labute approximate surface area is 176 Å². The maximum absolute atomic E-state index is 6.09. The lowest BCUT2D eigenvalue weighted by Crippen LogP contribution is -2.20. The van der Waals surface area contributed by atoms with Crippen molar-refractivity contribution in [3.8, 4) is 22.9 Å². The molecule has 30 heavy (non-hydrogen) atoms. The third-order valence-corrected chi connectivity index (χ3v) is 4.89. The summed E-state index contributed by atoms with van der Waals surface area (Å²) < 4.78 is 11.5. The standard InChI is InChI=1S/C24H26N4O2/c1-29-19-10-11-20(23-27-21-9-5-14-26-24(21)28-23)22(17-19)30-16-6-13-25-15-12-18-7-3-2-4-8-18/h2-5,7-11,14,17,25H,6,12-13,15-16H2,1H3,(H,26,27,28). The van der Waals surface area contributed by atoms with Crippen LogP contribution in [0.1, 0.15) is 12.0 Å². The highest BCUT2D eigenvalue weighted by atomic mass is 16.5. The Morgan fingerprint density at radius 2 is 1.90 bits per heavy atom. The molecule has 154 valence electrons. The van der Waals surface area contributed by atoms with E-state index in [0.717, 1.165) is 54.3 Å². The third kappa shape index (κ3) is 4.96. The van der Waals surface area contributed by atoms with Crippen LogP contribution < -0.4 is 14.8 Å². The second-order valence-corrected chi connectivity index (χ2v) is 7.01. The molecule has 0 amide bonds. The van der Waals surface area contributed by atoms with Crippen LogP contribution in [0.5, 0.6) is 11.5 Å². The summed E-state index contributed by atoms with van der Waals surface area (Å²) in [5.41, 5.74) is 3.84. The molecule has 0 fully saturated rings. The summed E-state index contributed by atoms with van der Waals surface area (Å²) in [5, 5.41) is 3.48. The SMILES string of the molecule is COc1ccc(-c2nc3ncccc3[nH]2)c(OCCCNCCc2ccccc2)c1. The van der Waals surface area contributed by atoms with Gasteiger partial charge in [-0.15, -0.1) is 0 Å². The van der Waals surface area contributed by atoms with Crippen LogP contribution >= 0.6 is 0 Å². The highest BCUT2D eigenvalue weighted by Gasteiger charge is 2.13. The van der Waals surface area contributed by atoms with Crippen LogP contribution in [0.25, 0.3) is 22.6 Å². The quantitative estimate of drug-likeness (QED) is 0.388. The van der Waals surface area contributed by atoms with E-state index < -0.39 is 0 Å². The molecule has 0 bridgehead atoms. The van der Waals surface area contributed by atoms with Crippen LogP contribution in [-0.4, -0.2) is 41.8 Å². The predicted molar refractivity (Wildman–Crippen MR) is 119 cm³/mol. The van der Waals surface area contributed by atoms with Crippen LogP contribution in [0.3, 0.4) is 0 Å². The molecular weight excluding hydrogens is 376 g/mol. The molecule has 2 N–H and O–H groups in total. The zero-order valence-corrected chi connectivity index (χ0v) is 17.1. The summed E-state index contributed by atoms with van der Waals surface area (Å²) >= 11 is 0. The largest absolute Gasteiger partial charge is 0.497 e. The van der Waals surface area contributed by atoms with Crippen molar-refractivity contribution in [2.45, 2.75) is 12.8 Å². The monoisotopic (exact) mass is 402 g/mol. The van der Waals surface area contributed by atoms with Crippen molar-refractivity contribution in [3.05, 3.63) is 72.4 Å². The zero-order valence-electron chi connectivity index (χ0n) is 17.1. The van der Waals surface area contributed by atoms with Gasteiger partial charge in [0, 0.05) is 12.3 Å². The van der Waals surface area contributed by atoms with Crippen LogP contribution in [-0.2, 0) is 6.42 Å². The first-order chi connectivity index (χ1) is 14.8. The number of rotatable bonds is 10. The normalized spacial score (nSPS) is 11.0. The van der Waals surface area contributed by atoms with E-state index >= 15 is 0 Å². The minimum absolute atomic E-state index is 0.608. The molecule has 0 saturated heterocycles. The highest BCUT2D eigenvalue weighted by Crippen LogP contribution is 2.32. The number of nitrogens with one attached hydrogen (secondary N) is 2. The van der Waals surface area contributed by atoms with Crippen LogP contribution in [0.15, 0.2) is 66.9 Å². The minimum Gasteiger partial charge on any atom is -0.497 e. The molecule has 6 nitrogen and oxygen atoms in total. The van der Waals surface area contributed by atoms with Crippen LogP contribution in [0.4, 0.5) is 0 Å². The van der Waals surface area contributed by atoms with Crippen molar-refractivity contribution in [2.24, 2.45) is 0 Å². The number of benzene rings is 2. The van der Waals surface area contributed by atoms with Gasteiger partial charge in [-0.2, -0.15) is 0 Å². The molecule has 6 heteroatoms. The third-order valence-electron chi connectivity index (χ3n) is 4.89. The summed E-state index contributed by atoms with van der Waals surface area (Å²) in [6.07, 6.45) is 3.68. The van der Waals surface area contributed by atoms with Gasteiger partial charge in [0.2, 0.25) is 0 Å². The average molecular weight is 402 g/mol. The Bertz CT molecular complexity index is 1050. The van der Waals surface area contributed by atoms with Crippen molar-refractivity contribution < 1.29 is 9.47 Å². The molecule has 0 unspecified atom stereocenters. The number of H-pyrrole nitrogens is 1. The average Bonchev–Trinajstić information content (AvgIpc) is 3.23. The van der Waals surface area contributed by atoms with Crippen molar-refractivity contribution >= 4 is 11.2 Å². The van der Waals surface area contributed by atoms with Crippen molar-refractivity contribution in [2.75, 3.05) is 26.8 Å². The fraction of sp³-hybridized carbons (Fsp3) is 0.250. The number of fused-ring (bicyclic) bond motifs is 1. The van der Waals surface area contributed by atoms with E-state index in [-0.39, 0.29) is 0 Å². The number of aromatic nitrogens is 3. The van der Waals surface area contributed by atoms with Gasteiger partial charge in [-0.3, -0.25) is 0 Å². The Kier molecular flexibility index (Phi) is 6.57. The summed E-state index contributed by atoms with van der Waals surface area (Å²) in [5.74, 6) is 2.24. The summed E-state index contributed by atoms with van der Waals surface area (Å²) in [7, 11) is 1.65. The van der Waals surface area contributed by atoms with E-state index in [2.05, 4.69) is 44.5 Å². The summed E-state index contributed by atoms with van der Waals surface area (Å²) in [6, 6.07) is 20.1. The molecule has 2 heterocycles. The van der Waals surface area contributed by atoms with Gasteiger partial charge in [0.1, 0.15) is 17.3 Å². The molecule has 4 aromatic rings. The van der Waals surface area contributed by atoms with Gasteiger partial charge in [-0.05, 0) is 55.8 Å². The molecule has 0 radical (unpaired) electrons. The molecule has 4 rings (SSSR count). The molecule has 2 aromatic heterocycles. The maximum Gasteiger partial charge on any atom is 0.178 e. The van der Waals surface area contributed by atoms with E-state index in [1.54, 1.807) is 13.3 Å². The minimum atomic E-state index is 0.608. The lowest BCUT2D eigenvalue weighted by atomic mass is 10.1. The number of aromatic amines is 1. The highest BCUT2D eigenvalue weighted by molar-refractivity contribution is 5.77. The lowest BCUT2D eigenvalue weighted by molar-refractivity contribution is 0.307. The molecule has 0 aliphatic rings. The molecule has 0 spiro atoms. The Balaban J connectivity index is 1.33. The topological polar surface area (TPSA) is 72.1 Å². The number of methoxy groups -OCH3 is 1. The van der Waals surface area contributed by atoms with E-state index in [1.165, 1.54) is 5.56 Å². The van der Waals surface area contributed by atoms with E-state index in [9.17, 15) is 0 Å². The molecule has 0 saturated carbocycles. The van der Waals surface area contributed by atoms with E-state index in [4.69, 9.17) is 9.47 Å². The van der Waals surface area contributed by atoms with E-state index in [1.807, 2.05) is 36.4 Å². The van der Waals surface area contributed by atoms with Gasteiger partial charge in [0.15, 0.2) is 5.65 Å². The number of hydrogen-bond acceptors (Lipinski definition) is 5. The van der Waals surface area contributed by atoms with E-state index in [0.29, 0.717) is 12.3 Å². The summed E-state index contributed by atoms with van der Waals surface area (Å²) in [6.45, 7) is 2.47. The lowest BCUT2D eigenvalue weighted by Gasteiger charge is -2.12. The van der Waals surface area contributed by atoms with Crippen LogP contribution in [0, 0.1) is 0 Å². The predicted octanol–water partition coefficient (Wildman–Crippen LogP) is 4.23. The van der Waals surface area contributed by atoms with Crippen LogP contribution in [0.2, 0.25) is 0 Å². The van der Waals surface area contributed by atoms with Gasteiger partial charge in [-0.1, -0.05) is 30.3 Å². The molecule has 0 aliphatic carbocycles. The first kappa shape index (κ1) is 19.9. The number of pyridine rings is 1. The number of ether oxygens (including phenoxy) is 2. The molecule has 2 aromatic carbocycles. The number of imidazole rings is 1. The first-order valence-electron chi connectivity index (χ1n) is 10.2. The second kappa shape index (κ2) is 9.89. The second-order valence-electron chi connectivity index (χ2n) is 7.01. The number of hydrogen-bond donors (Lipinski definition) is 2. The molecule has 0 aliphatic heterocycles.